The van der Waals surface area contributed by atoms with E-state index >= 15 is 0 Å². The third-order valence-corrected chi connectivity index (χ3v) is 6.23. The second-order valence-corrected chi connectivity index (χ2v) is 8.17. The Hall–Kier alpha value is -2.33. The van der Waals surface area contributed by atoms with Crippen LogP contribution in [0, 0.1) is 19.1 Å². The smallest absolute Gasteiger partial charge is 0.189 e. The summed E-state index contributed by atoms with van der Waals surface area (Å²) < 4.78 is 3.55. The largest absolute Gasteiger partial charge is 0.619 e. The van der Waals surface area contributed by atoms with E-state index in [0.717, 1.165) is 42.9 Å². The molecule has 0 amide bonds. The van der Waals surface area contributed by atoms with E-state index in [0.29, 0.717) is 5.92 Å². The van der Waals surface area contributed by atoms with Crippen molar-refractivity contribution in [3.63, 3.8) is 0 Å². The maximum absolute atomic E-state index is 11.7. The molecule has 2 aromatic heterocycles. The summed E-state index contributed by atoms with van der Waals surface area (Å²) in [6.07, 6.45) is 3.84. The first kappa shape index (κ1) is 15.9. The van der Waals surface area contributed by atoms with Crippen LogP contribution in [0.25, 0.3) is 10.9 Å². The number of aromatic nitrogens is 2. The number of benzene rings is 1. The molecule has 0 saturated carbocycles. The predicted molar refractivity (Wildman–Crippen MR) is 103 cm³/mol. The molecule has 26 heavy (non-hydrogen) atoms. The van der Waals surface area contributed by atoms with Gasteiger partial charge in [-0.05, 0) is 43.1 Å². The molecular weight excluding hydrogens is 322 g/mol. The van der Waals surface area contributed by atoms with Crippen LogP contribution in [-0.4, -0.2) is 23.1 Å². The van der Waals surface area contributed by atoms with Gasteiger partial charge in [0.25, 0.3) is 0 Å². The molecule has 4 nitrogen and oxygen atoms in total. The van der Waals surface area contributed by atoms with Crippen molar-refractivity contribution >= 4 is 10.9 Å². The summed E-state index contributed by atoms with van der Waals surface area (Å²) in [5, 5.41) is 13.2. The zero-order chi connectivity index (χ0) is 18.0. The molecule has 0 saturated heterocycles. The van der Waals surface area contributed by atoms with Gasteiger partial charge in [0.2, 0.25) is 0 Å². The van der Waals surface area contributed by atoms with Crippen molar-refractivity contribution in [1.82, 2.24) is 9.47 Å². The lowest BCUT2D eigenvalue weighted by atomic mass is 9.88. The quantitative estimate of drug-likeness (QED) is 0.500. The van der Waals surface area contributed by atoms with Crippen LogP contribution in [-0.2, 0) is 25.9 Å². The molecule has 4 heterocycles. The van der Waals surface area contributed by atoms with Crippen molar-refractivity contribution in [3.8, 4) is 0 Å². The Morgan fingerprint density at radius 1 is 1.19 bits per heavy atom. The van der Waals surface area contributed by atoms with Gasteiger partial charge in [0.1, 0.15) is 0 Å². The Morgan fingerprint density at radius 2 is 2.04 bits per heavy atom. The molecule has 2 aliphatic heterocycles. The molecule has 0 N–H and O–H groups in total. The molecule has 4 heteroatoms. The van der Waals surface area contributed by atoms with Gasteiger partial charge in [-0.25, -0.2) is 0 Å². The fourth-order valence-electron chi connectivity index (χ4n) is 4.97. The van der Waals surface area contributed by atoms with E-state index in [1.165, 1.54) is 38.9 Å². The summed E-state index contributed by atoms with van der Waals surface area (Å²) in [6, 6.07) is 8.82. The molecule has 3 aromatic rings. The van der Waals surface area contributed by atoms with Crippen molar-refractivity contribution in [3.05, 3.63) is 69.3 Å². The van der Waals surface area contributed by atoms with Crippen LogP contribution in [0.5, 0.6) is 0 Å². The maximum atomic E-state index is 11.7. The minimum atomic E-state index is 0.434. The van der Waals surface area contributed by atoms with Crippen molar-refractivity contribution < 1.29 is 4.73 Å². The van der Waals surface area contributed by atoms with Gasteiger partial charge >= 0.3 is 0 Å². The Balaban J connectivity index is 1.68. The lowest BCUT2D eigenvalue weighted by molar-refractivity contribution is -0.612. The van der Waals surface area contributed by atoms with Crippen molar-refractivity contribution in [1.29, 1.82) is 0 Å². The maximum Gasteiger partial charge on any atom is 0.189 e. The number of hydrogen-bond donors (Lipinski definition) is 0. The molecule has 1 unspecified atom stereocenters. The van der Waals surface area contributed by atoms with E-state index in [2.05, 4.69) is 41.6 Å². The number of pyridine rings is 1. The van der Waals surface area contributed by atoms with E-state index in [-0.39, 0.29) is 0 Å². The zero-order valence-corrected chi connectivity index (χ0v) is 15.7. The molecular formula is C22H25N3O. The van der Waals surface area contributed by atoms with Gasteiger partial charge < -0.3 is 14.7 Å². The molecule has 1 atom stereocenters. The van der Waals surface area contributed by atoms with E-state index in [1.807, 2.05) is 13.0 Å². The normalized spacial score (nSPS) is 19.7. The summed E-state index contributed by atoms with van der Waals surface area (Å²) >= 11 is 0. The summed E-state index contributed by atoms with van der Waals surface area (Å²) in [5.74, 6) is 0.434. The van der Waals surface area contributed by atoms with Crippen molar-refractivity contribution in [2.24, 2.45) is 0 Å². The summed E-state index contributed by atoms with van der Waals surface area (Å²) in [7, 11) is 2.22. The van der Waals surface area contributed by atoms with Gasteiger partial charge in [-0.15, -0.1) is 0 Å². The molecule has 2 aliphatic rings. The molecule has 134 valence electrons. The van der Waals surface area contributed by atoms with Crippen LogP contribution in [0.4, 0.5) is 0 Å². The van der Waals surface area contributed by atoms with Gasteiger partial charge in [0, 0.05) is 62.1 Å². The molecule has 0 aliphatic carbocycles. The fourth-order valence-corrected chi connectivity index (χ4v) is 4.97. The van der Waals surface area contributed by atoms with Gasteiger partial charge in [-0.3, -0.25) is 0 Å². The topological polar surface area (TPSA) is 35.1 Å². The number of likely N-dealkylation sites (N-methyl/N-ethyl adjacent to an activating group) is 1. The third kappa shape index (κ3) is 2.28. The van der Waals surface area contributed by atoms with E-state index in [1.54, 1.807) is 6.20 Å². The monoisotopic (exact) mass is 347 g/mol. The Labute approximate surface area is 154 Å². The second kappa shape index (κ2) is 5.58. The number of fused-ring (bicyclic) bond motifs is 3. The fraction of sp³-hybridized carbons (Fsp3) is 0.409. The van der Waals surface area contributed by atoms with Gasteiger partial charge in [0.05, 0.1) is 5.52 Å². The van der Waals surface area contributed by atoms with Crippen LogP contribution in [0.1, 0.15) is 39.6 Å². The molecule has 5 rings (SSSR count). The number of nitrogens with zero attached hydrogens (tertiary/aromatic N) is 3. The highest BCUT2D eigenvalue weighted by Crippen LogP contribution is 2.40. The van der Waals surface area contributed by atoms with E-state index in [4.69, 9.17) is 0 Å². The third-order valence-electron chi connectivity index (χ3n) is 6.23. The van der Waals surface area contributed by atoms with Crippen molar-refractivity contribution in [2.45, 2.75) is 45.7 Å². The number of aryl methyl sites for hydroxylation is 2. The Morgan fingerprint density at radius 3 is 2.85 bits per heavy atom. The summed E-state index contributed by atoms with van der Waals surface area (Å²) in [5.41, 5.74) is 9.39. The van der Waals surface area contributed by atoms with E-state index in [9.17, 15) is 5.21 Å². The van der Waals surface area contributed by atoms with Gasteiger partial charge in [-0.1, -0.05) is 11.6 Å². The minimum absolute atomic E-state index is 0.434. The number of hydrogen-bond acceptors (Lipinski definition) is 2. The predicted octanol–water partition coefficient (Wildman–Crippen LogP) is 3.22. The van der Waals surface area contributed by atoms with Gasteiger partial charge in [-0.2, -0.15) is 4.73 Å². The SMILES string of the molecule is Cc1cc2c3c(c1)c1c(n3CC(c3cc[n+]([O-])c(C)c3)C2)CCN(C)C1. The van der Waals surface area contributed by atoms with Crippen molar-refractivity contribution in [2.75, 3.05) is 13.6 Å². The number of rotatable bonds is 1. The zero-order valence-electron chi connectivity index (χ0n) is 15.7. The van der Waals surface area contributed by atoms with Crippen LogP contribution >= 0.6 is 0 Å². The van der Waals surface area contributed by atoms with Gasteiger partial charge in [0.15, 0.2) is 11.9 Å². The molecule has 0 spiro atoms. The lowest BCUT2D eigenvalue weighted by Crippen LogP contribution is -2.30. The van der Waals surface area contributed by atoms with Crippen LogP contribution in [0.2, 0.25) is 0 Å². The van der Waals surface area contributed by atoms with Crippen LogP contribution in [0.3, 0.4) is 0 Å². The first-order valence-corrected chi connectivity index (χ1v) is 9.53. The summed E-state index contributed by atoms with van der Waals surface area (Å²) in [4.78, 5) is 2.43. The Bertz CT molecular complexity index is 1030. The first-order chi connectivity index (χ1) is 12.5. The molecule has 0 fully saturated rings. The summed E-state index contributed by atoms with van der Waals surface area (Å²) in [6.45, 7) is 7.30. The highest BCUT2D eigenvalue weighted by molar-refractivity contribution is 5.90. The Kier molecular flexibility index (Phi) is 3.41. The average molecular weight is 347 g/mol. The lowest BCUT2D eigenvalue weighted by Gasteiger charge is -2.28. The second-order valence-electron chi connectivity index (χ2n) is 8.17. The standard InChI is InChI=1S/C22H25N3O/c1-14-8-17-11-18(16-4-7-25(26)15(2)10-16)12-24-21-5-6-23(3)13-20(21)19(9-14)22(17)24/h4,7-10,18H,5-6,11-13H2,1-3H3. The van der Waals surface area contributed by atoms with E-state index < -0.39 is 0 Å². The van der Waals surface area contributed by atoms with Crippen LogP contribution < -0.4 is 4.73 Å². The minimum Gasteiger partial charge on any atom is -0.619 e. The first-order valence-electron chi connectivity index (χ1n) is 9.53. The highest BCUT2D eigenvalue weighted by Gasteiger charge is 2.30. The average Bonchev–Trinajstić information content (AvgIpc) is 2.91. The molecule has 0 bridgehead atoms. The highest BCUT2D eigenvalue weighted by atomic mass is 16.5. The van der Waals surface area contributed by atoms with Crippen LogP contribution in [0.15, 0.2) is 30.5 Å². The molecule has 0 radical (unpaired) electrons. The molecule has 1 aromatic carbocycles.